The molecule has 0 bridgehead atoms. The van der Waals surface area contributed by atoms with E-state index in [1.54, 1.807) is 6.07 Å². The average molecular weight is 242 g/mol. The summed E-state index contributed by atoms with van der Waals surface area (Å²) in [7, 11) is 1.90. The van der Waals surface area contributed by atoms with Gasteiger partial charge in [-0.1, -0.05) is 0 Å². The normalized spacial score (nSPS) is 10.1. The molecule has 0 unspecified atom stereocenters. The third-order valence-corrected chi connectivity index (χ3v) is 2.82. The van der Waals surface area contributed by atoms with Crippen LogP contribution in [-0.2, 0) is 0 Å². The molecule has 92 valence electrons. The second kappa shape index (κ2) is 4.88. The van der Waals surface area contributed by atoms with Crippen LogP contribution in [0, 0.1) is 18.3 Å². The SMILES string of the molecule is CCN(C)c1noc(-c2ccc(C#N)cc2C)n1. The lowest BCUT2D eigenvalue weighted by molar-refractivity contribution is 0.430. The molecular weight excluding hydrogens is 228 g/mol. The fourth-order valence-electron chi connectivity index (χ4n) is 1.59. The highest BCUT2D eigenvalue weighted by Gasteiger charge is 2.13. The van der Waals surface area contributed by atoms with Crippen molar-refractivity contribution in [3.63, 3.8) is 0 Å². The Labute approximate surface area is 106 Å². The van der Waals surface area contributed by atoms with E-state index in [0.717, 1.165) is 17.7 Å². The quantitative estimate of drug-likeness (QED) is 0.826. The first-order chi connectivity index (χ1) is 8.65. The van der Waals surface area contributed by atoms with Gasteiger partial charge in [0.2, 0.25) is 0 Å². The molecule has 5 nitrogen and oxygen atoms in total. The fraction of sp³-hybridized carbons (Fsp3) is 0.308. The van der Waals surface area contributed by atoms with Crippen LogP contribution in [0.25, 0.3) is 11.5 Å². The largest absolute Gasteiger partial charge is 0.342 e. The summed E-state index contributed by atoms with van der Waals surface area (Å²) >= 11 is 0. The lowest BCUT2D eigenvalue weighted by Crippen LogP contribution is -2.16. The smallest absolute Gasteiger partial charge is 0.266 e. The Kier molecular flexibility index (Phi) is 3.28. The van der Waals surface area contributed by atoms with Gasteiger partial charge in [-0.2, -0.15) is 10.2 Å². The van der Waals surface area contributed by atoms with Crippen LogP contribution in [0.2, 0.25) is 0 Å². The van der Waals surface area contributed by atoms with E-state index in [1.807, 2.05) is 37.9 Å². The number of hydrogen-bond donors (Lipinski definition) is 0. The van der Waals surface area contributed by atoms with E-state index < -0.39 is 0 Å². The van der Waals surface area contributed by atoms with E-state index in [0.29, 0.717) is 17.4 Å². The number of aromatic nitrogens is 2. The van der Waals surface area contributed by atoms with Gasteiger partial charge >= 0.3 is 0 Å². The monoisotopic (exact) mass is 242 g/mol. The average Bonchev–Trinajstić information content (AvgIpc) is 2.87. The molecule has 0 aliphatic rings. The van der Waals surface area contributed by atoms with Gasteiger partial charge in [-0.05, 0) is 42.8 Å². The summed E-state index contributed by atoms with van der Waals surface area (Å²) in [6.45, 7) is 4.75. The fourth-order valence-corrected chi connectivity index (χ4v) is 1.59. The number of anilines is 1. The summed E-state index contributed by atoms with van der Waals surface area (Å²) in [5.41, 5.74) is 2.43. The second-order valence-corrected chi connectivity index (χ2v) is 4.06. The van der Waals surface area contributed by atoms with Crippen molar-refractivity contribution in [3.05, 3.63) is 29.3 Å². The summed E-state index contributed by atoms with van der Waals surface area (Å²) in [6.07, 6.45) is 0. The van der Waals surface area contributed by atoms with Crippen LogP contribution in [-0.4, -0.2) is 23.7 Å². The highest BCUT2D eigenvalue weighted by Crippen LogP contribution is 2.24. The molecule has 18 heavy (non-hydrogen) atoms. The molecule has 0 saturated heterocycles. The predicted octanol–water partition coefficient (Wildman–Crippen LogP) is 2.37. The van der Waals surface area contributed by atoms with Crippen LogP contribution in [0.15, 0.2) is 22.7 Å². The lowest BCUT2D eigenvalue weighted by atomic mass is 10.1. The van der Waals surface area contributed by atoms with Crippen molar-refractivity contribution in [1.82, 2.24) is 10.1 Å². The van der Waals surface area contributed by atoms with Crippen LogP contribution >= 0.6 is 0 Å². The highest BCUT2D eigenvalue weighted by atomic mass is 16.5. The number of hydrogen-bond acceptors (Lipinski definition) is 5. The highest BCUT2D eigenvalue weighted by molar-refractivity contribution is 5.61. The predicted molar refractivity (Wildman–Crippen MR) is 68.1 cm³/mol. The zero-order valence-electron chi connectivity index (χ0n) is 10.6. The molecule has 0 aliphatic carbocycles. The third-order valence-electron chi connectivity index (χ3n) is 2.82. The van der Waals surface area contributed by atoms with Gasteiger partial charge in [-0.3, -0.25) is 0 Å². The van der Waals surface area contributed by atoms with Crippen LogP contribution in [0.3, 0.4) is 0 Å². The first-order valence-electron chi connectivity index (χ1n) is 5.71. The van der Waals surface area contributed by atoms with Crippen molar-refractivity contribution in [2.75, 3.05) is 18.5 Å². The van der Waals surface area contributed by atoms with Crippen molar-refractivity contribution >= 4 is 5.95 Å². The summed E-state index contributed by atoms with van der Waals surface area (Å²) in [5.74, 6) is 1.04. The van der Waals surface area contributed by atoms with E-state index in [1.165, 1.54) is 0 Å². The second-order valence-electron chi connectivity index (χ2n) is 4.06. The molecular formula is C13H14N4O. The van der Waals surface area contributed by atoms with Crippen molar-refractivity contribution in [2.45, 2.75) is 13.8 Å². The van der Waals surface area contributed by atoms with Gasteiger partial charge < -0.3 is 9.42 Å². The van der Waals surface area contributed by atoms with E-state index >= 15 is 0 Å². The Morgan fingerprint density at radius 2 is 2.22 bits per heavy atom. The number of nitrogens with zero attached hydrogens (tertiary/aromatic N) is 4. The Morgan fingerprint density at radius 1 is 1.44 bits per heavy atom. The van der Waals surface area contributed by atoms with Crippen LogP contribution in [0.5, 0.6) is 0 Å². The van der Waals surface area contributed by atoms with Crippen LogP contribution in [0.4, 0.5) is 5.95 Å². The Bertz CT molecular complexity index is 597. The topological polar surface area (TPSA) is 66.0 Å². The van der Waals surface area contributed by atoms with Gasteiger partial charge in [0, 0.05) is 19.2 Å². The maximum Gasteiger partial charge on any atom is 0.266 e. The minimum atomic E-state index is 0.479. The van der Waals surface area contributed by atoms with E-state index in [-0.39, 0.29) is 0 Å². The molecule has 1 aromatic heterocycles. The van der Waals surface area contributed by atoms with Crippen molar-refractivity contribution in [3.8, 4) is 17.5 Å². The third kappa shape index (κ3) is 2.18. The molecule has 0 fully saturated rings. The molecule has 0 amide bonds. The standard InChI is InChI=1S/C13H14N4O/c1-4-17(3)13-15-12(18-16-13)11-6-5-10(8-14)7-9(11)2/h5-7H,4H2,1-3H3. The molecule has 0 atom stereocenters. The van der Waals surface area contributed by atoms with Crippen molar-refractivity contribution in [2.24, 2.45) is 0 Å². The molecule has 1 heterocycles. The molecule has 5 heteroatoms. The van der Waals surface area contributed by atoms with Crippen LogP contribution in [0.1, 0.15) is 18.1 Å². The number of rotatable bonds is 3. The minimum absolute atomic E-state index is 0.479. The maximum absolute atomic E-state index is 8.82. The van der Waals surface area contributed by atoms with E-state index in [2.05, 4.69) is 16.2 Å². The van der Waals surface area contributed by atoms with Gasteiger partial charge in [0.15, 0.2) is 0 Å². The summed E-state index contributed by atoms with van der Waals surface area (Å²) < 4.78 is 5.24. The summed E-state index contributed by atoms with van der Waals surface area (Å²) in [5, 5.41) is 12.7. The molecule has 1 aromatic carbocycles. The maximum atomic E-state index is 8.82. The van der Waals surface area contributed by atoms with Gasteiger partial charge in [0.05, 0.1) is 11.6 Å². The Morgan fingerprint density at radius 3 is 2.83 bits per heavy atom. The number of benzene rings is 1. The Balaban J connectivity index is 2.38. The van der Waals surface area contributed by atoms with Gasteiger partial charge in [-0.15, -0.1) is 0 Å². The van der Waals surface area contributed by atoms with E-state index in [4.69, 9.17) is 9.78 Å². The molecule has 0 spiro atoms. The number of nitriles is 1. The molecule has 0 saturated carbocycles. The van der Waals surface area contributed by atoms with Gasteiger partial charge in [0.1, 0.15) is 0 Å². The van der Waals surface area contributed by atoms with Gasteiger partial charge in [0.25, 0.3) is 11.8 Å². The molecule has 0 N–H and O–H groups in total. The zero-order valence-corrected chi connectivity index (χ0v) is 10.6. The molecule has 0 radical (unpaired) electrons. The van der Waals surface area contributed by atoms with Crippen LogP contribution < -0.4 is 4.90 Å². The summed E-state index contributed by atoms with van der Waals surface area (Å²) in [6, 6.07) is 7.49. The van der Waals surface area contributed by atoms with Gasteiger partial charge in [-0.25, -0.2) is 0 Å². The molecule has 2 rings (SSSR count). The first kappa shape index (κ1) is 12.1. The zero-order chi connectivity index (χ0) is 13.1. The molecule has 0 aliphatic heterocycles. The first-order valence-corrected chi connectivity index (χ1v) is 5.71. The van der Waals surface area contributed by atoms with E-state index in [9.17, 15) is 0 Å². The molecule has 2 aromatic rings. The Hall–Kier alpha value is -2.35. The number of aryl methyl sites for hydroxylation is 1. The van der Waals surface area contributed by atoms with Crippen molar-refractivity contribution in [1.29, 1.82) is 5.26 Å². The lowest BCUT2D eigenvalue weighted by Gasteiger charge is -2.08. The van der Waals surface area contributed by atoms with Crippen molar-refractivity contribution < 1.29 is 4.52 Å². The summed E-state index contributed by atoms with van der Waals surface area (Å²) in [4.78, 5) is 6.23. The minimum Gasteiger partial charge on any atom is -0.342 e.